The standard InChI is InChI=1S/C18H23BF3N3O4S/c1-16(2)17(3,4)29-19(28-16)11-6-13(18(20,21)22)15-14(7-11)23-10-25(15)12-8-24(9-12)30(5,26)27/h6-7,10,12H,8-9H2,1-5H3. The van der Waals surface area contributed by atoms with Gasteiger partial charge in [-0.3, -0.25) is 0 Å². The molecule has 0 saturated carbocycles. The number of sulfonamides is 1. The van der Waals surface area contributed by atoms with E-state index in [4.69, 9.17) is 9.31 Å². The van der Waals surface area contributed by atoms with Crippen LogP contribution in [0.1, 0.15) is 39.3 Å². The SMILES string of the molecule is CC1(C)OB(c2cc(C(F)(F)F)c3c(c2)ncn3C2CN(S(C)(=O)=O)C2)OC1(C)C. The average Bonchev–Trinajstić information content (AvgIpc) is 3.01. The molecule has 164 valence electrons. The second-order valence-corrected chi connectivity index (χ2v) is 10.9. The lowest BCUT2D eigenvalue weighted by molar-refractivity contribution is -0.136. The van der Waals surface area contributed by atoms with Crippen LogP contribution >= 0.6 is 0 Å². The molecule has 2 fully saturated rings. The molecule has 30 heavy (non-hydrogen) atoms. The van der Waals surface area contributed by atoms with Gasteiger partial charge in [0.15, 0.2) is 0 Å². The van der Waals surface area contributed by atoms with Crippen LogP contribution in [0.15, 0.2) is 18.5 Å². The van der Waals surface area contributed by atoms with Gasteiger partial charge in [0.05, 0.1) is 46.4 Å². The maximum atomic E-state index is 14.0. The molecule has 2 aliphatic rings. The molecule has 2 aliphatic heterocycles. The topological polar surface area (TPSA) is 73.7 Å². The fourth-order valence-corrected chi connectivity index (χ4v) is 4.55. The van der Waals surface area contributed by atoms with Gasteiger partial charge in [-0.25, -0.2) is 13.4 Å². The molecule has 0 radical (unpaired) electrons. The minimum absolute atomic E-state index is 0.0686. The molecule has 2 aromatic rings. The van der Waals surface area contributed by atoms with Gasteiger partial charge in [0.25, 0.3) is 0 Å². The van der Waals surface area contributed by atoms with E-state index in [2.05, 4.69) is 4.98 Å². The fraction of sp³-hybridized carbons (Fsp3) is 0.611. The summed E-state index contributed by atoms with van der Waals surface area (Å²) in [6, 6.07) is 2.17. The van der Waals surface area contributed by atoms with Crippen LogP contribution < -0.4 is 5.46 Å². The number of imidazole rings is 1. The molecule has 0 N–H and O–H groups in total. The summed E-state index contributed by atoms with van der Waals surface area (Å²) in [6.07, 6.45) is -2.22. The van der Waals surface area contributed by atoms with E-state index in [0.29, 0.717) is 0 Å². The molecule has 7 nitrogen and oxygen atoms in total. The lowest BCUT2D eigenvalue weighted by Gasteiger charge is -2.38. The van der Waals surface area contributed by atoms with Crippen molar-refractivity contribution in [2.24, 2.45) is 0 Å². The molecular formula is C18H23BF3N3O4S. The van der Waals surface area contributed by atoms with Crippen LogP contribution in [0.25, 0.3) is 11.0 Å². The van der Waals surface area contributed by atoms with Gasteiger partial charge in [0.2, 0.25) is 10.0 Å². The molecule has 0 unspecified atom stereocenters. The molecule has 0 bridgehead atoms. The lowest BCUT2D eigenvalue weighted by atomic mass is 9.78. The number of aromatic nitrogens is 2. The first kappa shape index (κ1) is 21.6. The molecule has 0 spiro atoms. The molecule has 1 aromatic carbocycles. The van der Waals surface area contributed by atoms with Crippen molar-refractivity contribution in [2.75, 3.05) is 19.3 Å². The number of benzene rings is 1. The highest BCUT2D eigenvalue weighted by Crippen LogP contribution is 2.39. The number of hydrogen-bond donors (Lipinski definition) is 0. The van der Waals surface area contributed by atoms with E-state index in [0.717, 1.165) is 12.3 Å². The monoisotopic (exact) mass is 445 g/mol. The van der Waals surface area contributed by atoms with Crippen molar-refractivity contribution < 1.29 is 30.9 Å². The first-order valence-corrected chi connectivity index (χ1v) is 11.3. The highest BCUT2D eigenvalue weighted by atomic mass is 32.2. The highest BCUT2D eigenvalue weighted by Gasteiger charge is 2.52. The summed E-state index contributed by atoms with van der Waals surface area (Å²) in [6.45, 7) is 7.54. The van der Waals surface area contributed by atoms with E-state index in [9.17, 15) is 21.6 Å². The van der Waals surface area contributed by atoms with Gasteiger partial charge in [0, 0.05) is 13.1 Å². The smallest absolute Gasteiger partial charge is 0.399 e. The van der Waals surface area contributed by atoms with Gasteiger partial charge < -0.3 is 13.9 Å². The third-order valence-electron chi connectivity index (χ3n) is 6.21. The highest BCUT2D eigenvalue weighted by molar-refractivity contribution is 7.88. The normalized spacial score (nSPS) is 22.6. The van der Waals surface area contributed by atoms with E-state index >= 15 is 0 Å². The quantitative estimate of drug-likeness (QED) is 0.678. The minimum Gasteiger partial charge on any atom is -0.399 e. The van der Waals surface area contributed by atoms with Crippen LogP contribution in [0.5, 0.6) is 0 Å². The zero-order chi connectivity index (χ0) is 22.3. The van der Waals surface area contributed by atoms with Crippen LogP contribution in [-0.2, 0) is 25.5 Å². The van der Waals surface area contributed by atoms with Crippen LogP contribution in [0.2, 0.25) is 0 Å². The second kappa shape index (κ2) is 6.44. The Labute approximate surface area is 173 Å². The lowest BCUT2D eigenvalue weighted by Crippen LogP contribution is -2.50. The van der Waals surface area contributed by atoms with E-state index in [-0.39, 0.29) is 29.6 Å². The number of fused-ring (bicyclic) bond motifs is 1. The first-order valence-electron chi connectivity index (χ1n) is 9.48. The third kappa shape index (κ3) is 3.43. The molecule has 2 saturated heterocycles. The molecule has 0 atom stereocenters. The van der Waals surface area contributed by atoms with Gasteiger partial charge in [0.1, 0.15) is 0 Å². The Bertz CT molecular complexity index is 1090. The van der Waals surface area contributed by atoms with Crippen molar-refractivity contribution in [1.29, 1.82) is 0 Å². The van der Waals surface area contributed by atoms with E-state index in [1.807, 2.05) is 27.7 Å². The minimum atomic E-state index is -4.63. The zero-order valence-corrected chi connectivity index (χ0v) is 18.1. The van der Waals surface area contributed by atoms with Gasteiger partial charge in [-0.2, -0.15) is 17.5 Å². The Hall–Kier alpha value is -1.63. The Morgan fingerprint density at radius 3 is 2.20 bits per heavy atom. The van der Waals surface area contributed by atoms with Gasteiger partial charge >= 0.3 is 13.3 Å². The number of rotatable bonds is 3. The summed E-state index contributed by atoms with van der Waals surface area (Å²) < 4.78 is 79.6. The molecule has 12 heteroatoms. The van der Waals surface area contributed by atoms with Crippen LogP contribution in [0.3, 0.4) is 0 Å². The summed E-state index contributed by atoms with van der Waals surface area (Å²) in [4.78, 5) is 4.17. The second-order valence-electron chi connectivity index (χ2n) is 8.91. The van der Waals surface area contributed by atoms with E-state index in [1.54, 1.807) is 0 Å². The summed E-state index contributed by atoms with van der Waals surface area (Å²) >= 11 is 0. The summed E-state index contributed by atoms with van der Waals surface area (Å²) in [7, 11) is -4.33. The number of nitrogens with zero attached hydrogens (tertiary/aromatic N) is 3. The Balaban J connectivity index is 1.76. The van der Waals surface area contributed by atoms with E-state index in [1.165, 1.54) is 21.3 Å². The van der Waals surface area contributed by atoms with Crippen LogP contribution in [0.4, 0.5) is 13.2 Å². The molecule has 4 rings (SSSR count). The molecule has 0 amide bonds. The fourth-order valence-electron chi connectivity index (χ4n) is 3.66. The van der Waals surface area contributed by atoms with E-state index < -0.39 is 46.1 Å². The van der Waals surface area contributed by atoms with Crippen molar-refractivity contribution in [3.63, 3.8) is 0 Å². The number of hydrogen-bond acceptors (Lipinski definition) is 5. The van der Waals surface area contributed by atoms with Crippen LogP contribution in [-0.4, -0.2) is 59.9 Å². The maximum absolute atomic E-state index is 14.0. The van der Waals surface area contributed by atoms with Gasteiger partial charge in [-0.05, 0) is 45.3 Å². The summed E-state index contributed by atoms with van der Waals surface area (Å²) in [5.74, 6) is 0. The summed E-state index contributed by atoms with van der Waals surface area (Å²) in [5, 5.41) is 0. The molecule has 1 aromatic heterocycles. The van der Waals surface area contributed by atoms with Crippen LogP contribution in [0, 0.1) is 0 Å². The van der Waals surface area contributed by atoms with Gasteiger partial charge in [-0.1, -0.05) is 0 Å². The molecule has 0 aliphatic carbocycles. The number of halogens is 3. The predicted octanol–water partition coefficient (Wildman–Crippen LogP) is 2.17. The Kier molecular flexibility index (Phi) is 4.64. The van der Waals surface area contributed by atoms with Crippen molar-refractivity contribution >= 4 is 33.6 Å². The number of alkyl halides is 3. The third-order valence-corrected chi connectivity index (χ3v) is 7.45. The predicted molar refractivity (Wildman–Crippen MR) is 106 cm³/mol. The molecule has 3 heterocycles. The van der Waals surface area contributed by atoms with Crippen molar-refractivity contribution in [2.45, 2.75) is 51.1 Å². The molecular weight excluding hydrogens is 422 g/mol. The first-order chi connectivity index (χ1) is 13.6. The summed E-state index contributed by atoms with van der Waals surface area (Å²) in [5.41, 5.74) is -1.89. The largest absolute Gasteiger partial charge is 0.494 e. The van der Waals surface area contributed by atoms with Crippen molar-refractivity contribution in [3.8, 4) is 0 Å². The Morgan fingerprint density at radius 2 is 1.70 bits per heavy atom. The average molecular weight is 445 g/mol. The van der Waals surface area contributed by atoms with Gasteiger partial charge in [-0.15, -0.1) is 0 Å². The zero-order valence-electron chi connectivity index (χ0n) is 17.3. The maximum Gasteiger partial charge on any atom is 0.494 e. The Morgan fingerprint density at radius 1 is 1.13 bits per heavy atom. The van der Waals surface area contributed by atoms with Crippen molar-refractivity contribution in [3.05, 3.63) is 24.0 Å². The van der Waals surface area contributed by atoms with Crippen molar-refractivity contribution in [1.82, 2.24) is 13.9 Å².